The second-order valence-corrected chi connectivity index (χ2v) is 3.33. The number of hydrogen-bond acceptors (Lipinski definition) is 2. The second-order valence-electron chi connectivity index (χ2n) is 3.33. The van der Waals surface area contributed by atoms with Crippen LogP contribution in [0.25, 0.3) is 10.8 Å². The Morgan fingerprint density at radius 1 is 1.13 bits per heavy atom. The fraction of sp³-hybridized carbons (Fsp3) is 0.0833. The van der Waals surface area contributed by atoms with Crippen LogP contribution < -0.4 is 5.32 Å². The molecule has 2 rings (SSSR count). The van der Waals surface area contributed by atoms with Crippen LogP contribution in [0.5, 0.6) is 5.75 Å². The van der Waals surface area contributed by atoms with E-state index in [1.165, 1.54) is 0 Å². The third kappa shape index (κ3) is 1.76. The molecule has 0 aromatic heterocycles. The first-order valence-corrected chi connectivity index (χ1v) is 4.65. The molecule has 0 aliphatic rings. The van der Waals surface area contributed by atoms with Gasteiger partial charge in [0, 0.05) is 12.6 Å². The van der Waals surface area contributed by atoms with Crippen molar-refractivity contribution in [3.8, 4) is 5.75 Å². The minimum absolute atomic E-state index is 0.125. The molecule has 0 aliphatic carbocycles. The summed E-state index contributed by atoms with van der Waals surface area (Å²) in [7, 11) is 1.59. The van der Waals surface area contributed by atoms with E-state index in [4.69, 9.17) is 0 Å². The standard InChI is InChI=1S/C12H11NO2/c1-13-12(15)9-3-2-8-4-5-11(14)7-10(8)6-9/h2-7,14H,1H3,(H,13,15). The van der Waals surface area contributed by atoms with Crippen molar-refractivity contribution in [2.45, 2.75) is 0 Å². The molecule has 15 heavy (non-hydrogen) atoms. The molecule has 3 heteroatoms. The molecule has 2 aromatic rings. The maximum atomic E-state index is 11.4. The number of phenols is 1. The second kappa shape index (κ2) is 3.61. The minimum atomic E-state index is -0.125. The lowest BCUT2D eigenvalue weighted by Gasteiger charge is -2.02. The highest BCUT2D eigenvalue weighted by atomic mass is 16.3. The Morgan fingerprint density at radius 2 is 1.87 bits per heavy atom. The molecule has 0 atom stereocenters. The lowest BCUT2D eigenvalue weighted by atomic mass is 10.1. The van der Waals surface area contributed by atoms with Crippen LogP contribution in [0, 0.1) is 0 Å². The van der Waals surface area contributed by atoms with Crippen molar-refractivity contribution in [2.24, 2.45) is 0 Å². The van der Waals surface area contributed by atoms with Crippen molar-refractivity contribution in [3.05, 3.63) is 42.0 Å². The highest BCUT2D eigenvalue weighted by molar-refractivity contribution is 5.98. The van der Waals surface area contributed by atoms with E-state index in [2.05, 4.69) is 5.32 Å². The largest absolute Gasteiger partial charge is 0.508 e. The molecule has 0 heterocycles. The minimum Gasteiger partial charge on any atom is -0.508 e. The third-order valence-electron chi connectivity index (χ3n) is 2.31. The number of aromatic hydroxyl groups is 1. The Balaban J connectivity index is 2.59. The number of hydrogen-bond donors (Lipinski definition) is 2. The number of benzene rings is 2. The fourth-order valence-corrected chi connectivity index (χ4v) is 1.52. The molecule has 0 saturated heterocycles. The lowest BCUT2D eigenvalue weighted by Crippen LogP contribution is -2.17. The molecule has 0 unspecified atom stereocenters. The van der Waals surface area contributed by atoms with Gasteiger partial charge < -0.3 is 10.4 Å². The van der Waals surface area contributed by atoms with Gasteiger partial charge in [-0.3, -0.25) is 4.79 Å². The number of carbonyl (C=O) groups is 1. The molecule has 0 radical (unpaired) electrons. The number of rotatable bonds is 1. The Kier molecular flexibility index (Phi) is 2.29. The van der Waals surface area contributed by atoms with E-state index in [-0.39, 0.29) is 11.7 Å². The molecule has 0 spiro atoms. The van der Waals surface area contributed by atoms with Gasteiger partial charge in [0.05, 0.1) is 0 Å². The molecular formula is C12H11NO2. The monoisotopic (exact) mass is 201 g/mol. The SMILES string of the molecule is CNC(=O)c1ccc2ccc(O)cc2c1. The van der Waals surface area contributed by atoms with Gasteiger partial charge in [-0.1, -0.05) is 12.1 Å². The first kappa shape index (κ1) is 9.52. The lowest BCUT2D eigenvalue weighted by molar-refractivity contribution is 0.0963. The van der Waals surface area contributed by atoms with E-state index < -0.39 is 0 Å². The van der Waals surface area contributed by atoms with Crippen molar-refractivity contribution >= 4 is 16.7 Å². The van der Waals surface area contributed by atoms with E-state index in [0.29, 0.717) is 5.56 Å². The van der Waals surface area contributed by atoms with E-state index in [9.17, 15) is 9.90 Å². The van der Waals surface area contributed by atoms with Gasteiger partial charge in [0.25, 0.3) is 5.91 Å². The highest BCUT2D eigenvalue weighted by Gasteiger charge is 2.03. The zero-order valence-electron chi connectivity index (χ0n) is 8.32. The Bertz CT molecular complexity index is 520. The van der Waals surface area contributed by atoms with Crippen LogP contribution >= 0.6 is 0 Å². The fourth-order valence-electron chi connectivity index (χ4n) is 1.52. The van der Waals surface area contributed by atoms with Gasteiger partial charge in [0.1, 0.15) is 5.75 Å². The third-order valence-corrected chi connectivity index (χ3v) is 2.31. The summed E-state index contributed by atoms with van der Waals surface area (Å²) in [5, 5.41) is 13.7. The molecule has 0 bridgehead atoms. The number of amides is 1. The van der Waals surface area contributed by atoms with Crippen molar-refractivity contribution < 1.29 is 9.90 Å². The molecule has 0 fully saturated rings. The summed E-state index contributed by atoms with van der Waals surface area (Å²) in [5.41, 5.74) is 0.593. The van der Waals surface area contributed by atoms with Gasteiger partial charge in [-0.05, 0) is 35.0 Å². The first-order chi connectivity index (χ1) is 7.20. The van der Waals surface area contributed by atoms with Crippen LogP contribution in [-0.2, 0) is 0 Å². The average molecular weight is 201 g/mol. The summed E-state index contributed by atoms with van der Waals surface area (Å²) in [6, 6.07) is 10.5. The van der Waals surface area contributed by atoms with Crippen molar-refractivity contribution in [2.75, 3.05) is 7.05 Å². The van der Waals surface area contributed by atoms with Gasteiger partial charge in [0.15, 0.2) is 0 Å². The summed E-state index contributed by atoms with van der Waals surface area (Å²) in [6.07, 6.45) is 0. The Hall–Kier alpha value is -2.03. The highest BCUT2D eigenvalue weighted by Crippen LogP contribution is 2.20. The Labute approximate surface area is 87.3 Å². The average Bonchev–Trinajstić information content (AvgIpc) is 2.27. The van der Waals surface area contributed by atoms with Gasteiger partial charge in [-0.2, -0.15) is 0 Å². The van der Waals surface area contributed by atoms with Crippen LogP contribution in [0.4, 0.5) is 0 Å². The van der Waals surface area contributed by atoms with Crippen LogP contribution in [0.15, 0.2) is 36.4 Å². The van der Waals surface area contributed by atoms with Gasteiger partial charge in [0.2, 0.25) is 0 Å². The normalized spacial score (nSPS) is 10.2. The molecule has 2 aromatic carbocycles. The summed E-state index contributed by atoms with van der Waals surface area (Å²) in [4.78, 5) is 11.4. The van der Waals surface area contributed by atoms with Crippen molar-refractivity contribution in [1.29, 1.82) is 0 Å². The predicted octanol–water partition coefficient (Wildman–Crippen LogP) is 1.90. The summed E-state index contributed by atoms with van der Waals surface area (Å²) < 4.78 is 0. The number of carbonyl (C=O) groups excluding carboxylic acids is 1. The number of nitrogens with one attached hydrogen (secondary N) is 1. The maximum absolute atomic E-state index is 11.4. The van der Waals surface area contributed by atoms with Crippen LogP contribution in [-0.4, -0.2) is 18.1 Å². The zero-order valence-corrected chi connectivity index (χ0v) is 8.32. The molecule has 1 amide bonds. The van der Waals surface area contributed by atoms with Crippen molar-refractivity contribution in [1.82, 2.24) is 5.32 Å². The molecule has 3 nitrogen and oxygen atoms in total. The molecule has 2 N–H and O–H groups in total. The first-order valence-electron chi connectivity index (χ1n) is 4.65. The van der Waals surface area contributed by atoms with Gasteiger partial charge >= 0.3 is 0 Å². The summed E-state index contributed by atoms with van der Waals surface area (Å²) >= 11 is 0. The number of fused-ring (bicyclic) bond motifs is 1. The predicted molar refractivity (Wildman–Crippen MR) is 59.0 cm³/mol. The van der Waals surface area contributed by atoms with Crippen LogP contribution in [0.1, 0.15) is 10.4 Å². The smallest absolute Gasteiger partial charge is 0.251 e. The van der Waals surface area contributed by atoms with Gasteiger partial charge in [-0.15, -0.1) is 0 Å². The van der Waals surface area contributed by atoms with E-state index in [1.54, 1.807) is 31.3 Å². The van der Waals surface area contributed by atoms with Crippen LogP contribution in [0.3, 0.4) is 0 Å². The van der Waals surface area contributed by atoms with E-state index >= 15 is 0 Å². The quantitative estimate of drug-likeness (QED) is 0.740. The Morgan fingerprint density at radius 3 is 2.60 bits per heavy atom. The van der Waals surface area contributed by atoms with Crippen LogP contribution in [0.2, 0.25) is 0 Å². The molecule has 76 valence electrons. The van der Waals surface area contributed by atoms with E-state index in [1.807, 2.05) is 12.1 Å². The summed E-state index contributed by atoms with van der Waals surface area (Å²) in [6.45, 7) is 0. The summed E-state index contributed by atoms with van der Waals surface area (Å²) in [5.74, 6) is 0.0804. The molecule has 0 aliphatic heterocycles. The zero-order chi connectivity index (χ0) is 10.8. The molecular weight excluding hydrogens is 190 g/mol. The molecule has 0 saturated carbocycles. The number of phenolic OH excluding ortho intramolecular Hbond substituents is 1. The van der Waals surface area contributed by atoms with Gasteiger partial charge in [-0.25, -0.2) is 0 Å². The van der Waals surface area contributed by atoms with E-state index in [0.717, 1.165) is 10.8 Å². The topological polar surface area (TPSA) is 49.3 Å². The van der Waals surface area contributed by atoms with Crippen molar-refractivity contribution in [3.63, 3.8) is 0 Å². The maximum Gasteiger partial charge on any atom is 0.251 e.